The summed E-state index contributed by atoms with van der Waals surface area (Å²) in [4.78, 5) is 14.7. The van der Waals surface area contributed by atoms with Crippen molar-refractivity contribution >= 4 is 5.97 Å². The molecule has 0 aromatic carbocycles. The van der Waals surface area contributed by atoms with E-state index in [9.17, 15) is 4.79 Å². The number of carboxylic acids is 1. The summed E-state index contributed by atoms with van der Waals surface area (Å²) in [7, 11) is 0. The molecule has 1 aromatic rings. The molecule has 1 aromatic heterocycles. The van der Waals surface area contributed by atoms with Gasteiger partial charge in [-0.05, 0) is 12.1 Å². The van der Waals surface area contributed by atoms with Gasteiger partial charge in [-0.1, -0.05) is 6.07 Å². The zero-order valence-corrected chi connectivity index (χ0v) is 9.60. The van der Waals surface area contributed by atoms with E-state index in [2.05, 4.69) is 10.3 Å². The molecule has 0 bridgehead atoms. The Kier molecular flexibility index (Phi) is 5.55. The number of hydrogen-bond acceptors (Lipinski definition) is 5. The third kappa shape index (κ3) is 4.90. The molecule has 0 aliphatic heterocycles. The number of pyridine rings is 1. The topological polar surface area (TPSA) is 114 Å². The van der Waals surface area contributed by atoms with Gasteiger partial charge in [0.1, 0.15) is 5.69 Å². The monoisotopic (exact) mass is 238 g/mol. The van der Waals surface area contributed by atoms with Crippen LogP contribution < -0.4 is 16.8 Å². The fourth-order valence-electron chi connectivity index (χ4n) is 1.44. The van der Waals surface area contributed by atoms with E-state index in [1.165, 1.54) is 6.07 Å². The Balaban J connectivity index is 2.50. The lowest BCUT2D eigenvalue weighted by Crippen LogP contribution is -2.37. The highest BCUT2D eigenvalue weighted by molar-refractivity contribution is 5.85. The van der Waals surface area contributed by atoms with Gasteiger partial charge < -0.3 is 21.9 Å². The summed E-state index contributed by atoms with van der Waals surface area (Å²) in [5, 5.41) is 11.9. The molecule has 0 aliphatic rings. The van der Waals surface area contributed by atoms with Gasteiger partial charge in [0, 0.05) is 37.8 Å². The van der Waals surface area contributed by atoms with Gasteiger partial charge in [-0.2, -0.15) is 0 Å². The second-order valence-electron chi connectivity index (χ2n) is 3.78. The minimum Gasteiger partial charge on any atom is -0.477 e. The van der Waals surface area contributed by atoms with Crippen LogP contribution in [0.3, 0.4) is 0 Å². The van der Waals surface area contributed by atoms with Crippen LogP contribution in [0.2, 0.25) is 0 Å². The van der Waals surface area contributed by atoms with Crippen molar-refractivity contribution in [1.29, 1.82) is 0 Å². The number of nitrogens with one attached hydrogen (secondary N) is 1. The first-order valence-corrected chi connectivity index (χ1v) is 5.49. The first-order valence-electron chi connectivity index (χ1n) is 5.49. The van der Waals surface area contributed by atoms with E-state index in [0.717, 1.165) is 6.54 Å². The molecule has 0 fully saturated rings. The Morgan fingerprint density at radius 2 is 2.29 bits per heavy atom. The summed E-state index contributed by atoms with van der Waals surface area (Å²) < 4.78 is 0. The van der Waals surface area contributed by atoms with Gasteiger partial charge >= 0.3 is 5.97 Å². The van der Waals surface area contributed by atoms with Crippen molar-refractivity contribution in [3.63, 3.8) is 0 Å². The Hall–Kier alpha value is -1.50. The maximum atomic E-state index is 10.7. The highest BCUT2D eigenvalue weighted by Crippen LogP contribution is 2.02. The van der Waals surface area contributed by atoms with Gasteiger partial charge in [0.2, 0.25) is 0 Å². The molecule has 0 saturated heterocycles. The molecule has 0 aliphatic carbocycles. The normalized spacial score (nSPS) is 12.4. The SMILES string of the molecule is NCCNCC(N)Cc1cccc(C(=O)O)n1. The number of aromatic nitrogens is 1. The summed E-state index contributed by atoms with van der Waals surface area (Å²) in [6.07, 6.45) is 0.540. The van der Waals surface area contributed by atoms with Crippen molar-refractivity contribution in [2.24, 2.45) is 11.5 Å². The molecule has 6 nitrogen and oxygen atoms in total. The van der Waals surface area contributed by atoms with Crippen molar-refractivity contribution < 1.29 is 9.90 Å². The number of carboxylic acid groups (broad SMARTS) is 1. The van der Waals surface area contributed by atoms with Crippen molar-refractivity contribution in [3.05, 3.63) is 29.6 Å². The average Bonchev–Trinajstić information content (AvgIpc) is 2.29. The molecule has 0 saturated carbocycles. The second-order valence-corrected chi connectivity index (χ2v) is 3.78. The van der Waals surface area contributed by atoms with Crippen molar-refractivity contribution in [2.45, 2.75) is 12.5 Å². The van der Waals surface area contributed by atoms with Crippen LogP contribution in [-0.4, -0.2) is 41.7 Å². The quantitative estimate of drug-likeness (QED) is 0.462. The largest absolute Gasteiger partial charge is 0.477 e. The zero-order chi connectivity index (χ0) is 12.7. The number of nitrogens with zero attached hydrogens (tertiary/aromatic N) is 1. The van der Waals surface area contributed by atoms with Crippen LogP contribution in [0.1, 0.15) is 16.2 Å². The van der Waals surface area contributed by atoms with Gasteiger partial charge in [0.15, 0.2) is 0 Å². The van der Waals surface area contributed by atoms with Crippen LogP contribution >= 0.6 is 0 Å². The van der Waals surface area contributed by atoms with Gasteiger partial charge in [-0.3, -0.25) is 0 Å². The van der Waals surface area contributed by atoms with E-state index in [0.29, 0.717) is 25.2 Å². The first kappa shape index (κ1) is 13.6. The summed E-state index contributed by atoms with van der Waals surface area (Å²) >= 11 is 0. The highest BCUT2D eigenvalue weighted by Gasteiger charge is 2.08. The molecule has 1 unspecified atom stereocenters. The molecule has 1 heterocycles. The lowest BCUT2D eigenvalue weighted by Gasteiger charge is -2.12. The number of rotatable bonds is 7. The molecule has 94 valence electrons. The Morgan fingerprint density at radius 1 is 1.53 bits per heavy atom. The van der Waals surface area contributed by atoms with Crippen LogP contribution in [0.4, 0.5) is 0 Å². The molecule has 1 rings (SSSR count). The molecule has 0 amide bonds. The maximum absolute atomic E-state index is 10.7. The lowest BCUT2D eigenvalue weighted by molar-refractivity contribution is 0.0690. The number of carbonyl (C=O) groups is 1. The van der Waals surface area contributed by atoms with Crippen LogP contribution in [0, 0.1) is 0 Å². The third-order valence-corrected chi connectivity index (χ3v) is 2.22. The standard InChI is InChI=1S/C11H18N4O2/c12-4-5-14-7-8(13)6-9-2-1-3-10(15-9)11(16)17/h1-3,8,14H,4-7,12-13H2,(H,16,17). The Morgan fingerprint density at radius 3 is 2.94 bits per heavy atom. The van der Waals surface area contributed by atoms with Crippen LogP contribution in [0.5, 0.6) is 0 Å². The molecule has 1 atom stereocenters. The van der Waals surface area contributed by atoms with E-state index >= 15 is 0 Å². The molecule has 0 spiro atoms. The van der Waals surface area contributed by atoms with Crippen LogP contribution in [0.25, 0.3) is 0 Å². The molecule has 6 heteroatoms. The summed E-state index contributed by atoms with van der Waals surface area (Å²) in [6.45, 7) is 1.92. The van der Waals surface area contributed by atoms with Crippen molar-refractivity contribution in [2.75, 3.05) is 19.6 Å². The zero-order valence-electron chi connectivity index (χ0n) is 9.60. The summed E-state index contributed by atoms with van der Waals surface area (Å²) in [5.74, 6) is -1.03. The predicted octanol–water partition coefficient (Wildman–Crippen LogP) is -0.802. The minimum absolute atomic E-state index is 0.0459. The van der Waals surface area contributed by atoms with Gasteiger partial charge in [-0.25, -0.2) is 9.78 Å². The Labute approximate surface area is 100 Å². The summed E-state index contributed by atoms with van der Waals surface area (Å²) in [6, 6.07) is 4.81. The second kappa shape index (κ2) is 6.95. The number of nitrogens with two attached hydrogens (primary N) is 2. The lowest BCUT2D eigenvalue weighted by atomic mass is 10.1. The molecule has 0 radical (unpaired) electrons. The smallest absolute Gasteiger partial charge is 0.354 e. The minimum atomic E-state index is -1.03. The van der Waals surface area contributed by atoms with Gasteiger partial charge in [0.25, 0.3) is 0 Å². The van der Waals surface area contributed by atoms with Gasteiger partial charge in [0.05, 0.1) is 0 Å². The van der Waals surface area contributed by atoms with Crippen molar-refractivity contribution in [3.8, 4) is 0 Å². The number of hydrogen-bond donors (Lipinski definition) is 4. The molecule has 17 heavy (non-hydrogen) atoms. The fourth-order valence-corrected chi connectivity index (χ4v) is 1.44. The number of aromatic carboxylic acids is 1. The van der Waals surface area contributed by atoms with E-state index in [4.69, 9.17) is 16.6 Å². The third-order valence-electron chi connectivity index (χ3n) is 2.22. The molecular weight excluding hydrogens is 220 g/mol. The van der Waals surface area contributed by atoms with E-state index in [1.807, 2.05) is 0 Å². The predicted molar refractivity (Wildman–Crippen MR) is 64.8 cm³/mol. The first-order chi connectivity index (χ1) is 8.13. The van der Waals surface area contributed by atoms with Crippen LogP contribution in [-0.2, 0) is 6.42 Å². The molecule has 6 N–H and O–H groups in total. The van der Waals surface area contributed by atoms with Crippen molar-refractivity contribution in [1.82, 2.24) is 10.3 Å². The highest BCUT2D eigenvalue weighted by atomic mass is 16.4. The fraction of sp³-hybridized carbons (Fsp3) is 0.455. The van der Waals surface area contributed by atoms with E-state index in [1.54, 1.807) is 12.1 Å². The van der Waals surface area contributed by atoms with E-state index in [-0.39, 0.29) is 11.7 Å². The maximum Gasteiger partial charge on any atom is 0.354 e. The van der Waals surface area contributed by atoms with Crippen LogP contribution in [0.15, 0.2) is 18.2 Å². The summed E-state index contributed by atoms with van der Waals surface area (Å²) in [5.41, 5.74) is 12.0. The Bertz CT molecular complexity index is 370. The van der Waals surface area contributed by atoms with E-state index < -0.39 is 5.97 Å². The van der Waals surface area contributed by atoms with Gasteiger partial charge in [-0.15, -0.1) is 0 Å². The average molecular weight is 238 g/mol. The molecular formula is C11H18N4O2.